The second kappa shape index (κ2) is 3.79. The average Bonchev–Trinajstić information content (AvgIpc) is 2.17. The number of nitriles is 1. The van der Waals surface area contributed by atoms with Gasteiger partial charge in [-0.25, -0.2) is 0 Å². The summed E-state index contributed by atoms with van der Waals surface area (Å²) in [4.78, 5) is 0. The molecule has 0 aromatic carbocycles. The molecule has 2 heteroatoms. The zero-order valence-electron chi connectivity index (χ0n) is 9.63. The van der Waals surface area contributed by atoms with E-state index in [-0.39, 0.29) is 0 Å². The Balaban J connectivity index is 2.25. The highest BCUT2D eigenvalue weighted by atomic mass is 16.3. The molecule has 84 valence electrons. The number of hydrogen-bond acceptors (Lipinski definition) is 2. The van der Waals surface area contributed by atoms with Crippen LogP contribution in [-0.4, -0.2) is 10.7 Å². The fraction of sp³-hybridized carbons (Fsp3) is 0.923. The van der Waals surface area contributed by atoms with E-state index < -0.39 is 11.0 Å². The molecule has 2 unspecified atom stereocenters. The highest BCUT2D eigenvalue weighted by Crippen LogP contribution is 2.56. The number of rotatable bonds is 2. The molecule has 15 heavy (non-hydrogen) atoms. The molecule has 0 radical (unpaired) electrons. The van der Waals surface area contributed by atoms with Crippen LogP contribution in [0, 0.1) is 22.7 Å². The van der Waals surface area contributed by atoms with Crippen molar-refractivity contribution >= 4 is 0 Å². The Bertz CT molecular complexity index is 277. The second-order valence-corrected chi connectivity index (χ2v) is 5.32. The van der Waals surface area contributed by atoms with E-state index in [1.54, 1.807) is 0 Å². The Labute approximate surface area is 92.3 Å². The molecule has 2 aliphatic carbocycles. The van der Waals surface area contributed by atoms with E-state index in [0.717, 1.165) is 44.9 Å². The summed E-state index contributed by atoms with van der Waals surface area (Å²) in [5.41, 5.74) is -1.07. The van der Waals surface area contributed by atoms with Crippen molar-refractivity contribution in [1.82, 2.24) is 0 Å². The van der Waals surface area contributed by atoms with Gasteiger partial charge >= 0.3 is 0 Å². The summed E-state index contributed by atoms with van der Waals surface area (Å²) in [6.07, 6.45) is 8.23. The molecule has 2 atom stereocenters. The quantitative estimate of drug-likeness (QED) is 0.756. The molecule has 0 heterocycles. The zero-order chi connectivity index (χ0) is 10.9. The van der Waals surface area contributed by atoms with Crippen LogP contribution < -0.4 is 0 Å². The minimum atomic E-state index is -0.674. The lowest BCUT2D eigenvalue weighted by atomic mass is 9.52. The predicted molar refractivity (Wildman–Crippen MR) is 59.1 cm³/mol. The van der Waals surface area contributed by atoms with E-state index in [2.05, 4.69) is 13.0 Å². The first-order chi connectivity index (χ1) is 7.18. The molecule has 0 amide bonds. The summed E-state index contributed by atoms with van der Waals surface area (Å²) >= 11 is 0. The smallest absolute Gasteiger partial charge is 0.0863 e. The summed E-state index contributed by atoms with van der Waals surface area (Å²) in [5.74, 6) is 0.353. The van der Waals surface area contributed by atoms with Gasteiger partial charge in [-0.1, -0.05) is 32.6 Å². The van der Waals surface area contributed by atoms with E-state index in [1.807, 2.05) is 0 Å². The summed E-state index contributed by atoms with van der Waals surface area (Å²) in [7, 11) is 0. The van der Waals surface area contributed by atoms with Crippen molar-refractivity contribution in [3.63, 3.8) is 0 Å². The standard InChI is InChI=1S/C13H21NO/c1-2-11-6-3-4-9-13(11,15)12(10-14)7-5-8-12/h11,15H,2-9H2,1H3. The van der Waals surface area contributed by atoms with Gasteiger partial charge in [0.2, 0.25) is 0 Å². The molecule has 2 rings (SSSR count). The highest BCUT2D eigenvalue weighted by Gasteiger charge is 2.58. The lowest BCUT2D eigenvalue weighted by molar-refractivity contribution is -0.154. The third kappa shape index (κ3) is 1.40. The molecular formula is C13H21NO. The Morgan fingerprint density at radius 2 is 2.00 bits per heavy atom. The minimum absolute atomic E-state index is 0.353. The van der Waals surface area contributed by atoms with Crippen LogP contribution in [0.15, 0.2) is 0 Å². The summed E-state index contributed by atoms with van der Waals surface area (Å²) in [5, 5.41) is 20.2. The molecule has 0 aromatic heterocycles. The van der Waals surface area contributed by atoms with Gasteiger partial charge in [0.05, 0.1) is 17.1 Å². The second-order valence-electron chi connectivity index (χ2n) is 5.32. The maximum atomic E-state index is 10.9. The lowest BCUT2D eigenvalue weighted by Crippen LogP contribution is -2.57. The molecule has 1 N–H and O–H groups in total. The Kier molecular flexibility index (Phi) is 2.77. The first kappa shape index (κ1) is 11.0. The van der Waals surface area contributed by atoms with Crippen molar-refractivity contribution in [2.45, 2.75) is 63.9 Å². The molecule has 0 spiro atoms. The van der Waals surface area contributed by atoms with Crippen LogP contribution in [0.1, 0.15) is 58.3 Å². The predicted octanol–water partition coefficient (Wildman–Crippen LogP) is 3.01. The van der Waals surface area contributed by atoms with E-state index in [9.17, 15) is 10.4 Å². The molecule has 2 fully saturated rings. The maximum absolute atomic E-state index is 10.9. The molecule has 2 saturated carbocycles. The van der Waals surface area contributed by atoms with E-state index in [1.165, 1.54) is 6.42 Å². The normalized spacial score (nSPS) is 39.1. The molecule has 0 aromatic rings. The maximum Gasteiger partial charge on any atom is 0.0863 e. The molecule has 2 nitrogen and oxygen atoms in total. The topological polar surface area (TPSA) is 44.0 Å². The number of aliphatic hydroxyl groups is 1. The zero-order valence-corrected chi connectivity index (χ0v) is 9.63. The van der Waals surface area contributed by atoms with Crippen LogP contribution in [0.2, 0.25) is 0 Å². The van der Waals surface area contributed by atoms with Crippen LogP contribution >= 0.6 is 0 Å². The van der Waals surface area contributed by atoms with Gasteiger partial charge in [0.15, 0.2) is 0 Å². The van der Waals surface area contributed by atoms with Gasteiger partial charge in [0.1, 0.15) is 0 Å². The van der Waals surface area contributed by atoms with Gasteiger partial charge in [0.25, 0.3) is 0 Å². The fourth-order valence-corrected chi connectivity index (χ4v) is 3.57. The lowest BCUT2D eigenvalue weighted by Gasteiger charge is -2.54. The molecular weight excluding hydrogens is 186 g/mol. The number of hydrogen-bond donors (Lipinski definition) is 1. The third-order valence-electron chi connectivity index (χ3n) is 4.78. The monoisotopic (exact) mass is 207 g/mol. The van der Waals surface area contributed by atoms with Crippen molar-refractivity contribution in [2.75, 3.05) is 0 Å². The van der Waals surface area contributed by atoms with E-state index in [0.29, 0.717) is 5.92 Å². The van der Waals surface area contributed by atoms with Gasteiger partial charge < -0.3 is 5.11 Å². The molecule has 2 aliphatic rings. The average molecular weight is 207 g/mol. The largest absolute Gasteiger partial charge is 0.388 e. The first-order valence-corrected chi connectivity index (χ1v) is 6.32. The van der Waals surface area contributed by atoms with Crippen LogP contribution in [0.4, 0.5) is 0 Å². The van der Waals surface area contributed by atoms with Gasteiger partial charge in [0, 0.05) is 0 Å². The number of nitrogens with zero attached hydrogens (tertiary/aromatic N) is 1. The summed E-state index contributed by atoms with van der Waals surface area (Å²) in [6.45, 7) is 2.14. The van der Waals surface area contributed by atoms with Crippen molar-refractivity contribution in [3.05, 3.63) is 0 Å². The Hall–Kier alpha value is -0.550. The summed E-state index contributed by atoms with van der Waals surface area (Å²) < 4.78 is 0. The van der Waals surface area contributed by atoms with E-state index in [4.69, 9.17) is 0 Å². The Morgan fingerprint density at radius 3 is 2.47 bits per heavy atom. The van der Waals surface area contributed by atoms with E-state index >= 15 is 0 Å². The van der Waals surface area contributed by atoms with Crippen LogP contribution in [0.25, 0.3) is 0 Å². The van der Waals surface area contributed by atoms with Crippen molar-refractivity contribution in [2.24, 2.45) is 11.3 Å². The first-order valence-electron chi connectivity index (χ1n) is 6.32. The highest BCUT2D eigenvalue weighted by molar-refractivity contribution is 5.18. The van der Waals surface area contributed by atoms with Gasteiger partial charge in [-0.15, -0.1) is 0 Å². The van der Waals surface area contributed by atoms with Gasteiger partial charge in [-0.05, 0) is 31.6 Å². The fourth-order valence-electron chi connectivity index (χ4n) is 3.57. The van der Waals surface area contributed by atoms with Crippen LogP contribution in [-0.2, 0) is 0 Å². The van der Waals surface area contributed by atoms with Crippen LogP contribution in [0.5, 0.6) is 0 Å². The molecule has 0 bridgehead atoms. The molecule has 0 saturated heterocycles. The molecule has 0 aliphatic heterocycles. The van der Waals surface area contributed by atoms with Crippen LogP contribution in [0.3, 0.4) is 0 Å². The van der Waals surface area contributed by atoms with Crippen molar-refractivity contribution < 1.29 is 5.11 Å². The SMILES string of the molecule is CCC1CCCCC1(O)C1(C#N)CCC1. The van der Waals surface area contributed by atoms with Gasteiger partial charge in [-0.2, -0.15) is 5.26 Å². The van der Waals surface area contributed by atoms with Crippen molar-refractivity contribution in [3.8, 4) is 6.07 Å². The Morgan fingerprint density at radius 1 is 1.27 bits per heavy atom. The summed E-state index contributed by atoms with van der Waals surface area (Å²) in [6, 6.07) is 2.44. The van der Waals surface area contributed by atoms with Gasteiger partial charge in [-0.3, -0.25) is 0 Å². The van der Waals surface area contributed by atoms with Crippen molar-refractivity contribution in [1.29, 1.82) is 5.26 Å². The third-order valence-corrected chi connectivity index (χ3v) is 4.78. The minimum Gasteiger partial charge on any atom is -0.388 e.